The molecule has 0 N–H and O–H groups in total. The molecule has 4 heterocycles. The average molecular weight is 1010 g/mol. The minimum absolute atomic E-state index is 0.367. The number of nitrogens with zero attached hydrogens (tertiary/aromatic N) is 9. The van der Waals surface area contributed by atoms with Crippen LogP contribution in [-0.2, 0) is 0 Å². The Morgan fingerprint density at radius 1 is 0.256 bits per heavy atom. The molecule has 378 valence electrons. The predicted molar refractivity (Wildman–Crippen MR) is 319 cm³/mol. The minimum atomic E-state index is 0.367. The highest BCUT2D eigenvalue weighted by molar-refractivity contribution is 5.87. The topological polar surface area (TPSA) is 92.1 Å². The van der Waals surface area contributed by atoms with Gasteiger partial charge in [-0.3, -0.25) is 13.7 Å². The van der Waals surface area contributed by atoms with Gasteiger partial charge in [-0.25, -0.2) is 29.9 Å². The molecule has 13 rings (SSSR count). The summed E-state index contributed by atoms with van der Waals surface area (Å²) in [5.41, 5.74) is 18.1. The maximum absolute atomic E-state index is 5.37. The molecule has 0 amide bonds. The number of fused-ring (bicyclic) bond motifs is 3. The molecule has 0 saturated carbocycles. The number of para-hydroxylation sites is 6. The summed E-state index contributed by atoms with van der Waals surface area (Å²) in [6.07, 6.45) is 0. The standard InChI is InChI=1S/C69H57N9/c1-43(2)46-19-16-28-55(40-46)76-61-34-10-7-31-58(61)70-67(76)52-25-13-22-49(37-52)64-73-65(50-23-14-26-53(38-50)68-71-59-32-8-11-35-62(59)77(68)56-29-17-20-47(41-56)44(3)4)75-66(74-64)51-24-15-27-54(39-51)69-72-60-33-9-12-36-63(60)78(69)57-30-18-21-48(42-57)45(5)6/h7-45H,1-6H3. The second-order valence-electron chi connectivity index (χ2n) is 21.1. The SMILES string of the molecule is CC(C)c1cccc(-n2c(-c3cccc(-c4nc(-c5cccc(-c6nc7ccccc7n6-c6cccc(C(C)C)c6)c5)nc(-c5cccc(-c6nc7ccccc7n6-c6cccc(C(C)C)c6)c5)n4)c3)nc3ccccc32)c1. The number of hydrogen-bond acceptors (Lipinski definition) is 6. The molecule has 13 aromatic rings. The minimum Gasteiger partial charge on any atom is -0.292 e. The van der Waals surface area contributed by atoms with Crippen LogP contribution in [0.3, 0.4) is 0 Å². The number of rotatable bonds is 12. The molecule has 9 nitrogen and oxygen atoms in total. The molecular formula is C69H57N9. The van der Waals surface area contributed by atoms with Gasteiger partial charge < -0.3 is 0 Å². The third-order valence-electron chi connectivity index (χ3n) is 14.8. The Labute approximate surface area is 454 Å². The van der Waals surface area contributed by atoms with E-state index in [2.05, 4.69) is 255 Å². The number of aromatic nitrogens is 9. The molecule has 78 heavy (non-hydrogen) atoms. The lowest BCUT2D eigenvalue weighted by molar-refractivity contribution is 0.863. The Hall–Kier alpha value is -9.60. The van der Waals surface area contributed by atoms with Gasteiger partial charge in [-0.15, -0.1) is 0 Å². The summed E-state index contributed by atoms with van der Waals surface area (Å²) in [7, 11) is 0. The van der Waals surface area contributed by atoms with Gasteiger partial charge >= 0.3 is 0 Å². The van der Waals surface area contributed by atoms with Gasteiger partial charge in [-0.1, -0.05) is 169 Å². The van der Waals surface area contributed by atoms with E-state index in [1.165, 1.54) is 16.7 Å². The summed E-state index contributed by atoms with van der Waals surface area (Å²) in [6.45, 7) is 13.4. The Balaban J connectivity index is 0.989. The first-order chi connectivity index (χ1) is 38.1. The van der Waals surface area contributed by atoms with Crippen molar-refractivity contribution in [3.05, 3.63) is 235 Å². The van der Waals surface area contributed by atoms with Crippen LogP contribution < -0.4 is 0 Å². The fourth-order valence-electron chi connectivity index (χ4n) is 10.7. The highest BCUT2D eigenvalue weighted by atomic mass is 15.1. The molecule has 0 bridgehead atoms. The highest BCUT2D eigenvalue weighted by Gasteiger charge is 2.22. The van der Waals surface area contributed by atoms with Crippen molar-refractivity contribution in [1.29, 1.82) is 0 Å². The van der Waals surface area contributed by atoms with Crippen LogP contribution in [0.25, 0.3) is 118 Å². The van der Waals surface area contributed by atoms with Crippen LogP contribution in [0.1, 0.15) is 76.0 Å². The Bertz CT molecular complexity index is 3940. The lowest BCUT2D eigenvalue weighted by Gasteiger charge is -2.14. The van der Waals surface area contributed by atoms with E-state index in [4.69, 9.17) is 29.9 Å². The fourth-order valence-corrected chi connectivity index (χ4v) is 10.7. The van der Waals surface area contributed by atoms with E-state index < -0.39 is 0 Å². The van der Waals surface area contributed by atoms with E-state index in [-0.39, 0.29) is 0 Å². The second-order valence-corrected chi connectivity index (χ2v) is 21.1. The molecule has 0 aliphatic carbocycles. The van der Waals surface area contributed by atoms with Gasteiger partial charge in [0.1, 0.15) is 17.5 Å². The zero-order chi connectivity index (χ0) is 53.0. The monoisotopic (exact) mass is 1010 g/mol. The van der Waals surface area contributed by atoms with Crippen LogP contribution in [-0.4, -0.2) is 43.6 Å². The first kappa shape index (κ1) is 48.1. The predicted octanol–water partition coefficient (Wildman–Crippen LogP) is 17.3. The van der Waals surface area contributed by atoms with Crippen molar-refractivity contribution in [2.45, 2.75) is 59.3 Å². The molecule has 9 aromatic carbocycles. The van der Waals surface area contributed by atoms with Crippen molar-refractivity contribution in [2.24, 2.45) is 0 Å². The number of imidazole rings is 3. The summed E-state index contributed by atoms with van der Waals surface area (Å²) in [4.78, 5) is 32.0. The molecule has 0 radical (unpaired) electrons. The van der Waals surface area contributed by atoms with E-state index in [0.29, 0.717) is 35.2 Å². The molecule has 4 aromatic heterocycles. The summed E-state index contributed by atoms with van der Waals surface area (Å²) >= 11 is 0. The van der Waals surface area contributed by atoms with Crippen molar-refractivity contribution in [3.8, 4) is 85.4 Å². The fraction of sp³-hybridized carbons (Fsp3) is 0.130. The average Bonchev–Trinajstić information content (AvgIpc) is 4.26. The Morgan fingerprint density at radius 2 is 0.526 bits per heavy atom. The van der Waals surface area contributed by atoms with Gasteiger partial charge in [0, 0.05) is 50.4 Å². The molecule has 0 unspecified atom stereocenters. The van der Waals surface area contributed by atoms with Gasteiger partial charge in [0.05, 0.1) is 33.1 Å². The molecule has 0 atom stereocenters. The van der Waals surface area contributed by atoms with Crippen LogP contribution in [0.4, 0.5) is 0 Å². The van der Waals surface area contributed by atoms with Crippen LogP contribution in [0.5, 0.6) is 0 Å². The molecular weight excluding hydrogens is 955 g/mol. The van der Waals surface area contributed by atoms with Crippen molar-refractivity contribution < 1.29 is 0 Å². The van der Waals surface area contributed by atoms with Crippen molar-refractivity contribution in [3.63, 3.8) is 0 Å². The van der Waals surface area contributed by atoms with Crippen LogP contribution >= 0.6 is 0 Å². The zero-order valence-electron chi connectivity index (χ0n) is 44.5. The molecule has 0 fully saturated rings. The molecule has 0 aliphatic heterocycles. The first-order valence-electron chi connectivity index (χ1n) is 26.9. The van der Waals surface area contributed by atoms with E-state index in [9.17, 15) is 0 Å². The number of benzene rings is 9. The Morgan fingerprint density at radius 3 is 0.821 bits per heavy atom. The second kappa shape index (κ2) is 19.8. The maximum atomic E-state index is 5.37. The largest absolute Gasteiger partial charge is 0.292 e. The van der Waals surface area contributed by atoms with Gasteiger partial charge in [0.25, 0.3) is 0 Å². The summed E-state index contributed by atoms with van der Waals surface area (Å²) < 4.78 is 6.79. The van der Waals surface area contributed by atoms with Gasteiger partial charge in [-0.05, 0) is 125 Å². The highest BCUT2D eigenvalue weighted by Crippen LogP contribution is 2.37. The van der Waals surface area contributed by atoms with Gasteiger partial charge in [0.2, 0.25) is 0 Å². The lowest BCUT2D eigenvalue weighted by atomic mass is 10.0. The molecule has 0 saturated heterocycles. The molecule has 0 spiro atoms. The van der Waals surface area contributed by atoms with E-state index in [0.717, 1.165) is 101 Å². The first-order valence-corrected chi connectivity index (χ1v) is 26.9. The van der Waals surface area contributed by atoms with E-state index in [1.54, 1.807) is 0 Å². The van der Waals surface area contributed by atoms with E-state index in [1.807, 2.05) is 18.2 Å². The van der Waals surface area contributed by atoms with Crippen molar-refractivity contribution in [1.82, 2.24) is 43.6 Å². The molecule has 0 aliphatic rings. The van der Waals surface area contributed by atoms with Gasteiger partial charge in [-0.2, -0.15) is 0 Å². The van der Waals surface area contributed by atoms with E-state index >= 15 is 0 Å². The third kappa shape index (κ3) is 8.82. The summed E-state index contributed by atoms with van der Waals surface area (Å²) in [5.74, 6) is 5.20. The van der Waals surface area contributed by atoms with Gasteiger partial charge in [0.15, 0.2) is 17.5 Å². The summed E-state index contributed by atoms with van der Waals surface area (Å²) in [5, 5.41) is 0. The molecule has 9 heteroatoms. The zero-order valence-corrected chi connectivity index (χ0v) is 44.5. The smallest absolute Gasteiger partial charge is 0.164 e. The maximum Gasteiger partial charge on any atom is 0.164 e. The quantitative estimate of drug-likeness (QED) is 0.121. The van der Waals surface area contributed by atoms with Crippen molar-refractivity contribution >= 4 is 33.1 Å². The summed E-state index contributed by atoms with van der Waals surface area (Å²) in [6, 6.07) is 76.6. The van der Waals surface area contributed by atoms with Crippen LogP contribution in [0.2, 0.25) is 0 Å². The Kier molecular flexibility index (Phi) is 12.2. The van der Waals surface area contributed by atoms with Crippen LogP contribution in [0.15, 0.2) is 218 Å². The lowest BCUT2D eigenvalue weighted by Crippen LogP contribution is -2.02. The van der Waals surface area contributed by atoms with Crippen molar-refractivity contribution in [2.75, 3.05) is 0 Å². The number of hydrogen-bond donors (Lipinski definition) is 0. The third-order valence-corrected chi connectivity index (χ3v) is 14.8. The normalized spacial score (nSPS) is 11.8. The van der Waals surface area contributed by atoms with Crippen LogP contribution in [0, 0.1) is 0 Å².